The molecule has 0 aromatic carbocycles. The number of aromatic nitrogens is 1. The van der Waals surface area contributed by atoms with Gasteiger partial charge in [0.15, 0.2) is 0 Å². The average molecular weight is 332 g/mol. The van der Waals surface area contributed by atoms with Crippen LogP contribution < -0.4 is 5.32 Å². The van der Waals surface area contributed by atoms with Crippen LogP contribution in [0.2, 0.25) is 0 Å². The minimum absolute atomic E-state index is 0.0790. The van der Waals surface area contributed by atoms with Gasteiger partial charge in [0.05, 0.1) is 15.3 Å². The zero-order valence-electron chi connectivity index (χ0n) is 10.5. The van der Waals surface area contributed by atoms with Crippen molar-refractivity contribution in [1.82, 2.24) is 4.98 Å². The van der Waals surface area contributed by atoms with E-state index in [4.69, 9.17) is 5.11 Å². The molecule has 0 saturated heterocycles. The quantitative estimate of drug-likeness (QED) is 0.612. The number of rotatable bonds is 6. The second-order valence-corrected chi connectivity index (χ2v) is 5.20. The molecule has 0 saturated carbocycles. The van der Waals surface area contributed by atoms with E-state index in [1.165, 1.54) is 6.20 Å². The summed E-state index contributed by atoms with van der Waals surface area (Å²) in [4.78, 5) is 25.1. The van der Waals surface area contributed by atoms with Crippen LogP contribution in [0.4, 0.5) is 11.4 Å². The van der Waals surface area contributed by atoms with Gasteiger partial charge < -0.3 is 10.4 Å². The first-order valence-electron chi connectivity index (χ1n) is 5.59. The highest BCUT2D eigenvalue weighted by atomic mass is 79.9. The van der Waals surface area contributed by atoms with E-state index in [1.54, 1.807) is 13.8 Å². The van der Waals surface area contributed by atoms with Crippen LogP contribution in [0.25, 0.3) is 0 Å². The zero-order valence-corrected chi connectivity index (χ0v) is 12.0. The molecule has 0 spiro atoms. The topological polar surface area (TPSA) is 105 Å². The molecular weight excluding hydrogens is 318 g/mol. The van der Waals surface area contributed by atoms with Gasteiger partial charge in [-0.2, -0.15) is 0 Å². The standard InChI is InChI=1S/C11H14BrN3O4/c1-6(2)7(11(16)17)3-14-10-8(12)4-13-5-9(10)15(18)19/h4-7H,3H2,1-2H3,(H,13,14)(H,16,17). The van der Waals surface area contributed by atoms with Gasteiger partial charge in [-0.1, -0.05) is 13.8 Å². The van der Waals surface area contributed by atoms with E-state index < -0.39 is 16.8 Å². The third-order valence-corrected chi connectivity index (χ3v) is 3.30. The smallest absolute Gasteiger partial charge is 0.311 e. The second kappa shape index (κ2) is 6.46. The molecule has 1 atom stereocenters. The van der Waals surface area contributed by atoms with E-state index in [0.29, 0.717) is 4.47 Å². The maximum Gasteiger partial charge on any atom is 0.311 e. The number of nitro groups is 1. The summed E-state index contributed by atoms with van der Waals surface area (Å²) in [7, 11) is 0. The van der Waals surface area contributed by atoms with Gasteiger partial charge in [-0.05, 0) is 21.8 Å². The van der Waals surface area contributed by atoms with Crippen molar-refractivity contribution in [2.24, 2.45) is 11.8 Å². The van der Waals surface area contributed by atoms with Crippen molar-refractivity contribution in [2.45, 2.75) is 13.8 Å². The van der Waals surface area contributed by atoms with Crippen molar-refractivity contribution in [2.75, 3.05) is 11.9 Å². The molecule has 0 aliphatic heterocycles. The van der Waals surface area contributed by atoms with Crippen molar-refractivity contribution in [3.63, 3.8) is 0 Å². The fourth-order valence-electron chi connectivity index (χ4n) is 1.56. The van der Waals surface area contributed by atoms with Crippen LogP contribution >= 0.6 is 15.9 Å². The molecule has 0 amide bonds. The first kappa shape index (κ1) is 15.4. The number of nitrogens with one attached hydrogen (secondary N) is 1. The zero-order chi connectivity index (χ0) is 14.6. The molecule has 7 nitrogen and oxygen atoms in total. The Morgan fingerprint density at radius 1 is 1.58 bits per heavy atom. The summed E-state index contributed by atoms with van der Waals surface area (Å²) >= 11 is 3.16. The number of anilines is 1. The number of hydrogen-bond acceptors (Lipinski definition) is 5. The molecule has 19 heavy (non-hydrogen) atoms. The number of halogens is 1. The number of carbonyl (C=O) groups is 1. The van der Waals surface area contributed by atoms with E-state index >= 15 is 0 Å². The summed E-state index contributed by atoms with van der Waals surface area (Å²) in [6, 6.07) is 0. The number of carboxylic acid groups (broad SMARTS) is 1. The molecule has 0 bridgehead atoms. The summed E-state index contributed by atoms with van der Waals surface area (Å²) in [6.07, 6.45) is 2.54. The van der Waals surface area contributed by atoms with Crippen molar-refractivity contribution >= 4 is 33.3 Å². The van der Waals surface area contributed by atoms with Crippen molar-refractivity contribution < 1.29 is 14.8 Å². The first-order valence-corrected chi connectivity index (χ1v) is 6.38. The SMILES string of the molecule is CC(C)C(CNc1c(Br)cncc1[N+](=O)[O-])C(=O)O. The van der Waals surface area contributed by atoms with Crippen molar-refractivity contribution in [3.05, 3.63) is 27.0 Å². The highest BCUT2D eigenvalue weighted by molar-refractivity contribution is 9.10. The summed E-state index contributed by atoms with van der Waals surface area (Å²) < 4.78 is 0.426. The Kier molecular flexibility index (Phi) is 5.22. The Morgan fingerprint density at radius 3 is 2.68 bits per heavy atom. The van der Waals surface area contributed by atoms with Crippen LogP contribution in [0.3, 0.4) is 0 Å². The van der Waals surface area contributed by atoms with Crippen LogP contribution in [-0.4, -0.2) is 27.5 Å². The Morgan fingerprint density at radius 2 is 2.21 bits per heavy atom. The molecule has 104 valence electrons. The lowest BCUT2D eigenvalue weighted by Gasteiger charge is -2.17. The summed E-state index contributed by atoms with van der Waals surface area (Å²) in [5.74, 6) is -1.64. The van der Waals surface area contributed by atoms with Gasteiger partial charge in [-0.3, -0.25) is 19.9 Å². The Hall–Kier alpha value is -1.70. The van der Waals surface area contributed by atoms with E-state index in [-0.39, 0.29) is 23.8 Å². The maximum absolute atomic E-state index is 11.1. The normalized spacial score (nSPS) is 12.2. The fraction of sp³-hybridized carbons (Fsp3) is 0.455. The molecule has 1 aromatic rings. The molecule has 1 heterocycles. The predicted molar refractivity (Wildman–Crippen MR) is 73.0 cm³/mol. The van der Waals surface area contributed by atoms with Gasteiger partial charge in [0.1, 0.15) is 11.9 Å². The molecule has 0 fully saturated rings. The number of pyridine rings is 1. The van der Waals surface area contributed by atoms with E-state index in [1.807, 2.05) is 0 Å². The van der Waals surface area contributed by atoms with Crippen LogP contribution in [-0.2, 0) is 4.79 Å². The van der Waals surface area contributed by atoms with Gasteiger partial charge >= 0.3 is 11.7 Å². The molecule has 2 N–H and O–H groups in total. The Labute approximate surface area is 118 Å². The van der Waals surface area contributed by atoms with E-state index in [9.17, 15) is 14.9 Å². The highest BCUT2D eigenvalue weighted by Gasteiger charge is 2.24. The van der Waals surface area contributed by atoms with Crippen LogP contribution in [0.1, 0.15) is 13.8 Å². The molecule has 0 aliphatic rings. The molecule has 0 aliphatic carbocycles. The number of hydrogen-bond donors (Lipinski definition) is 2. The van der Waals surface area contributed by atoms with Crippen molar-refractivity contribution in [3.8, 4) is 0 Å². The summed E-state index contributed by atoms with van der Waals surface area (Å²) in [5.41, 5.74) is 0.0502. The van der Waals surface area contributed by atoms with Gasteiger partial charge in [0.2, 0.25) is 0 Å². The summed E-state index contributed by atoms with van der Waals surface area (Å²) in [5, 5.41) is 22.8. The molecule has 8 heteroatoms. The minimum Gasteiger partial charge on any atom is -0.481 e. The molecule has 1 rings (SSSR count). The van der Waals surface area contributed by atoms with E-state index in [2.05, 4.69) is 26.2 Å². The van der Waals surface area contributed by atoms with Gasteiger partial charge in [-0.25, -0.2) is 0 Å². The second-order valence-electron chi connectivity index (χ2n) is 4.34. The molecule has 1 aromatic heterocycles. The number of aliphatic carboxylic acids is 1. The number of nitrogens with zero attached hydrogens (tertiary/aromatic N) is 2. The fourth-order valence-corrected chi connectivity index (χ4v) is 2.02. The average Bonchev–Trinajstić information content (AvgIpc) is 2.29. The van der Waals surface area contributed by atoms with Crippen LogP contribution in [0, 0.1) is 22.0 Å². The number of carboxylic acids is 1. The monoisotopic (exact) mass is 331 g/mol. The lowest BCUT2D eigenvalue weighted by molar-refractivity contribution is -0.384. The van der Waals surface area contributed by atoms with Gasteiger partial charge in [0, 0.05) is 12.7 Å². The van der Waals surface area contributed by atoms with Gasteiger partial charge in [0.25, 0.3) is 0 Å². The Bertz CT molecular complexity index is 493. The first-order chi connectivity index (χ1) is 8.84. The molecular formula is C11H14BrN3O4. The third kappa shape index (κ3) is 3.88. The lowest BCUT2D eigenvalue weighted by Crippen LogP contribution is -2.27. The highest BCUT2D eigenvalue weighted by Crippen LogP contribution is 2.31. The van der Waals surface area contributed by atoms with Crippen LogP contribution in [0.15, 0.2) is 16.9 Å². The largest absolute Gasteiger partial charge is 0.481 e. The molecule has 0 radical (unpaired) electrons. The van der Waals surface area contributed by atoms with Crippen molar-refractivity contribution in [1.29, 1.82) is 0 Å². The lowest BCUT2D eigenvalue weighted by atomic mass is 9.96. The maximum atomic E-state index is 11.1. The Balaban J connectivity index is 2.94. The summed E-state index contributed by atoms with van der Waals surface area (Å²) in [6.45, 7) is 3.68. The molecule has 1 unspecified atom stereocenters. The van der Waals surface area contributed by atoms with Gasteiger partial charge in [-0.15, -0.1) is 0 Å². The predicted octanol–water partition coefficient (Wildman–Crippen LogP) is 2.52. The van der Waals surface area contributed by atoms with E-state index in [0.717, 1.165) is 6.20 Å². The van der Waals surface area contributed by atoms with Crippen LogP contribution in [0.5, 0.6) is 0 Å². The third-order valence-electron chi connectivity index (χ3n) is 2.70. The minimum atomic E-state index is -0.935.